The topological polar surface area (TPSA) is 72.6 Å². The lowest BCUT2D eigenvalue weighted by Gasteiger charge is -2.40. The van der Waals surface area contributed by atoms with Gasteiger partial charge in [0.05, 0.1) is 19.1 Å². The number of rotatable bonds is 4. The molecule has 2 amide bonds. The molecule has 2 N–H and O–H groups in total. The maximum Gasteiger partial charge on any atom is 0.227 e. The third kappa shape index (κ3) is 3.22. The largest absolute Gasteiger partial charge is 0.496 e. The van der Waals surface area contributed by atoms with Crippen molar-refractivity contribution in [3.8, 4) is 5.75 Å². The van der Waals surface area contributed by atoms with E-state index >= 15 is 0 Å². The molecule has 3 rings (SSSR count). The number of nitrogens with two attached hydrogens (primary N) is 1. The van der Waals surface area contributed by atoms with Crippen LogP contribution in [-0.2, 0) is 9.59 Å². The highest BCUT2D eigenvalue weighted by Gasteiger charge is 2.41. The van der Waals surface area contributed by atoms with Crippen molar-refractivity contribution in [2.24, 2.45) is 11.7 Å². The Kier molecular flexibility index (Phi) is 4.74. The molecule has 5 heteroatoms. The Morgan fingerprint density at radius 1 is 1.16 bits per heavy atom. The number of methoxy groups -OCH3 is 1. The van der Waals surface area contributed by atoms with Gasteiger partial charge in [-0.1, -0.05) is 35.9 Å². The molecule has 2 unspecified atom stereocenters. The highest BCUT2D eigenvalue weighted by molar-refractivity contribution is 5.97. The van der Waals surface area contributed by atoms with E-state index in [4.69, 9.17) is 10.5 Å². The van der Waals surface area contributed by atoms with Gasteiger partial charge in [0.2, 0.25) is 11.8 Å². The summed E-state index contributed by atoms with van der Waals surface area (Å²) in [5.74, 6) is -0.237. The van der Waals surface area contributed by atoms with E-state index < -0.39 is 17.9 Å². The Bertz CT molecular complexity index is 786. The van der Waals surface area contributed by atoms with Crippen LogP contribution in [0.5, 0.6) is 5.75 Å². The standard InChI is InChI=1S/C20H22N2O3/c1-13-7-9-14(10-8-13)22-18(23)12-11-16(20(21)24)19(22)15-5-3-4-6-17(15)25-2/h3-10,16,19H,11-12H2,1-2H3,(H2,21,24). The van der Waals surface area contributed by atoms with Gasteiger partial charge in [0.1, 0.15) is 5.75 Å². The van der Waals surface area contributed by atoms with Gasteiger partial charge in [0, 0.05) is 17.7 Å². The van der Waals surface area contributed by atoms with Crippen LogP contribution >= 0.6 is 0 Å². The molecule has 0 aromatic heterocycles. The van der Waals surface area contributed by atoms with Gasteiger partial charge in [-0.15, -0.1) is 0 Å². The van der Waals surface area contributed by atoms with Crippen molar-refractivity contribution >= 4 is 17.5 Å². The molecule has 130 valence electrons. The van der Waals surface area contributed by atoms with Crippen molar-refractivity contribution in [3.05, 3.63) is 59.7 Å². The highest BCUT2D eigenvalue weighted by Crippen LogP contribution is 2.42. The maximum atomic E-state index is 12.8. The molecule has 2 atom stereocenters. The zero-order valence-electron chi connectivity index (χ0n) is 14.4. The van der Waals surface area contributed by atoms with Crippen molar-refractivity contribution in [2.75, 3.05) is 12.0 Å². The Labute approximate surface area is 147 Å². The minimum absolute atomic E-state index is 0.0164. The van der Waals surface area contributed by atoms with Crippen LogP contribution in [0.1, 0.15) is 30.0 Å². The Balaban J connectivity index is 2.15. The average molecular weight is 338 g/mol. The summed E-state index contributed by atoms with van der Waals surface area (Å²) in [6.45, 7) is 1.99. The van der Waals surface area contributed by atoms with Crippen LogP contribution in [-0.4, -0.2) is 18.9 Å². The van der Waals surface area contributed by atoms with Crippen LogP contribution in [0.3, 0.4) is 0 Å². The molecule has 1 heterocycles. The van der Waals surface area contributed by atoms with Crippen LogP contribution in [0.25, 0.3) is 0 Å². The molecule has 5 nitrogen and oxygen atoms in total. The summed E-state index contributed by atoms with van der Waals surface area (Å²) in [6, 6.07) is 14.7. The minimum atomic E-state index is -0.474. The Morgan fingerprint density at radius 2 is 1.84 bits per heavy atom. The van der Waals surface area contributed by atoms with Crippen LogP contribution in [0.15, 0.2) is 48.5 Å². The van der Waals surface area contributed by atoms with Crippen LogP contribution in [0.4, 0.5) is 5.69 Å². The third-order valence-electron chi connectivity index (χ3n) is 4.73. The molecule has 1 fully saturated rings. The van der Waals surface area contributed by atoms with Gasteiger partial charge in [-0.25, -0.2) is 0 Å². The van der Waals surface area contributed by atoms with E-state index in [-0.39, 0.29) is 5.91 Å². The lowest BCUT2D eigenvalue weighted by atomic mass is 9.83. The normalized spacial score (nSPS) is 20.4. The van der Waals surface area contributed by atoms with Gasteiger partial charge in [0.15, 0.2) is 0 Å². The van der Waals surface area contributed by atoms with Gasteiger partial charge < -0.3 is 15.4 Å². The number of primary amides is 1. The van der Waals surface area contributed by atoms with Crippen LogP contribution < -0.4 is 15.4 Å². The summed E-state index contributed by atoms with van der Waals surface area (Å²) < 4.78 is 5.48. The van der Waals surface area contributed by atoms with Gasteiger partial charge in [0.25, 0.3) is 0 Å². The van der Waals surface area contributed by atoms with Gasteiger partial charge in [-0.05, 0) is 31.5 Å². The number of carbonyl (C=O) groups is 2. The number of benzene rings is 2. The molecule has 0 bridgehead atoms. The summed E-state index contributed by atoms with van der Waals surface area (Å²) in [6.07, 6.45) is 0.742. The molecule has 0 aliphatic carbocycles. The first kappa shape index (κ1) is 17.0. The number of hydrogen-bond donors (Lipinski definition) is 1. The zero-order valence-corrected chi connectivity index (χ0v) is 14.4. The molecule has 25 heavy (non-hydrogen) atoms. The number of piperidine rings is 1. The fourth-order valence-corrected chi connectivity index (χ4v) is 3.47. The van der Waals surface area contributed by atoms with E-state index in [2.05, 4.69) is 0 Å². The summed E-state index contributed by atoms with van der Waals surface area (Å²) in [7, 11) is 1.58. The van der Waals surface area contributed by atoms with E-state index in [1.54, 1.807) is 12.0 Å². The second-order valence-electron chi connectivity index (χ2n) is 6.33. The lowest BCUT2D eigenvalue weighted by Crippen LogP contribution is -2.47. The number of ether oxygens (including phenoxy) is 1. The quantitative estimate of drug-likeness (QED) is 0.931. The SMILES string of the molecule is COc1ccccc1C1C(C(N)=O)CCC(=O)N1c1ccc(C)cc1. The maximum absolute atomic E-state index is 12.8. The van der Waals surface area contributed by atoms with Crippen molar-refractivity contribution in [3.63, 3.8) is 0 Å². The number of hydrogen-bond acceptors (Lipinski definition) is 3. The lowest BCUT2D eigenvalue weighted by molar-refractivity contribution is -0.127. The third-order valence-corrected chi connectivity index (χ3v) is 4.73. The molecular formula is C20H22N2O3. The summed E-state index contributed by atoms with van der Waals surface area (Å²) >= 11 is 0. The second-order valence-corrected chi connectivity index (χ2v) is 6.33. The summed E-state index contributed by atoms with van der Waals surface area (Å²) in [5, 5.41) is 0. The predicted octanol–water partition coefficient (Wildman–Crippen LogP) is 2.97. The summed E-state index contributed by atoms with van der Waals surface area (Å²) in [4.78, 5) is 26.6. The monoisotopic (exact) mass is 338 g/mol. The fraction of sp³-hybridized carbons (Fsp3) is 0.300. The van der Waals surface area contributed by atoms with Gasteiger partial charge in [-0.3, -0.25) is 9.59 Å². The van der Waals surface area contributed by atoms with Gasteiger partial charge >= 0.3 is 0 Å². The average Bonchev–Trinajstić information content (AvgIpc) is 2.62. The first-order chi connectivity index (χ1) is 12.0. The van der Waals surface area contributed by atoms with E-state index in [1.807, 2.05) is 55.5 Å². The fourth-order valence-electron chi connectivity index (χ4n) is 3.47. The number of para-hydroxylation sites is 1. The predicted molar refractivity (Wildman–Crippen MR) is 96.3 cm³/mol. The first-order valence-electron chi connectivity index (χ1n) is 8.34. The number of anilines is 1. The zero-order chi connectivity index (χ0) is 18.0. The number of amides is 2. The molecule has 2 aromatic carbocycles. The Hall–Kier alpha value is -2.82. The van der Waals surface area contributed by atoms with E-state index in [1.165, 1.54) is 0 Å². The second kappa shape index (κ2) is 6.97. The molecule has 1 aliphatic rings. The van der Waals surface area contributed by atoms with Crippen molar-refractivity contribution in [2.45, 2.75) is 25.8 Å². The van der Waals surface area contributed by atoms with Crippen molar-refractivity contribution in [1.29, 1.82) is 0 Å². The number of carbonyl (C=O) groups excluding carboxylic acids is 2. The smallest absolute Gasteiger partial charge is 0.227 e. The van der Waals surface area contributed by atoms with Crippen molar-refractivity contribution in [1.82, 2.24) is 0 Å². The molecule has 1 aliphatic heterocycles. The van der Waals surface area contributed by atoms with Crippen LogP contribution in [0.2, 0.25) is 0 Å². The van der Waals surface area contributed by atoms with E-state index in [9.17, 15) is 9.59 Å². The first-order valence-corrected chi connectivity index (χ1v) is 8.34. The van der Waals surface area contributed by atoms with Crippen molar-refractivity contribution < 1.29 is 14.3 Å². The number of nitrogens with zero attached hydrogens (tertiary/aromatic N) is 1. The minimum Gasteiger partial charge on any atom is -0.496 e. The van der Waals surface area contributed by atoms with Gasteiger partial charge in [-0.2, -0.15) is 0 Å². The molecule has 2 aromatic rings. The molecular weight excluding hydrogens is 316 g/mol. The van der Waals surface area contributed by atoms with E-state index in [0.29, 0.717) is 18.6 Å². The molecule has 0 radical (unpaired) electrons. The van der Waals surface area contributed by atoms with Crippen LogP contribution in [0, 0.1) is 12.8 Å². The highest BCUT2D eigenvalue weighted by atomic mass is 16.5. The van der Waals surface area contributed by atoms with E-state index in [0.717, 1.165) is 16.8 Å². The molecule has 0 spiro atoms. The molecule has 1 saturated heterocycles. The molecule has 0 saturated carbocycles. The number of aryl methyl sites for hydroxylation is 1. The Morgan fingerprint density at radius 3 is 2.48 bits per heavy atom. The summed E-state index contributed by atoms with van der Waals surface area (Å²) in [5.41, 5.74) is 8.34.